The fraction of sp³-hybridized carbons (Fsp3) is 0.227. The molecular formula is C22H21ClFN7O. The van der Waals surface area contributed by atoms with Crippen LogP contribution >= 0.6 is 11.6 Å². The zero-order valence-electron chi connectivity index (χ0n) is 17.5. The number of aryl methyl sites for hydroxylation is 1. The highest BCUT2D eigenvalue weighted by Gasteiger charge is 2.15. The Morgan fingerprint density at radius 3 is 2.81 bits per heavy atom. The zero-order valence-corrected chi connectivity index (χ0v) is 18.3. The van der Waals surface area contributed by atoms with E-state index in [1.807, 2.05) is 13.1 Å². The molecule has 1 aromatic carbocycles. The van der Waals surface area contributed by atoms with Crippen LogP contribution in [-0.2, 0) is 17.8 Å². The largest absolute Gasteiger partial charge is 0.362 e. The van der Waals surface area contributed by atoms with Crippen LogP contribution in [-0.4, -0.2) is 30.6 Å². The highest BCUT2D eigenvalue weighted by atomic mass is 35.5. The van der Waals surface area contributed by atoms with Gasteiger partial charge in [0.05, 0.1) is 29.9 Å². The number of anilines is 2. The van der Waals surface area contributed by atoms with E-state index >= 15 is 0 Å². The Morgan fingerprint density at radius 2 is 2.06 bits per heavy atom. The van der Waals surface area contributed by atoms with Crippen molar-refractivity contribution in [2.24, 2.45) is 0 Å². The molecule has 8 nitrogen and oxygen atoms in total. The Labute approximate surface area is 188 Å². The summed E-state index contributed by atoms with van der Waals surface area (Å²) in [5.41, 5.74) is 2.66. The maximum atomic E-state index is 14.5. The second-order valence-corrected chi connectivity index (χ2v) is 7.68. The zero-order chi connectivity index (χ0) is 22.7. The van der Waals surface area contributed by atoms with Crippen LogP contribution in [0.3, 0.4) is 0 Å². The summed E-state index contributed by atoms with van der Waals surface area (Å²) in [5, 5.41) is 10.8. The molecule has 3 heterocycles. The molecule has 0 saturated heterocycles. The van der Waals surface area contributed by atoms with Gasteiger partial charge in [0.15, 0.2) is 0 Å². The molecule has 4 aromatic rings. The SMILES string of the molecule is CCn1cc2ncc(N[C@@H](C)c3cc(NC(=O)Cc4ccc(Cl)cn4)ccc3F)nc2n1. The molecule has 10 heteroatoms. The normalized spacial score (nSPS) is 12.0. The summed E-state index contributed by atoms with van der Waals surface area (Å²) in [6, 6.07) is 7.37. The third-order valence-corrected chi connectivity index (χ3v) is 5.06. The number of hydrogen-bond donors (Lipinski definition) is 2. The fourth-order valence-electron chi connectivity index (χ4n) is 3.21. The minimum absolute atomic E-state index is 0.0810. The Balaban J connectivity index is 1.46. The van der Waals surface area contributed by atoms with E-state index in [2.05, 4.69) is 30.7 Å². The van der Waals surface area contributed by atoms with Gasteiger partial charge in [0.2, 0.25) is 11.6 Å². The van der Waals surface area contributed by atoms with Gasteiger partial charge in [-0.3, -0.25) is 14.5 Å². The van der Waals surface area contributed by atoms with Crippen molar-refractivity contribution in [1.82, 2.24) is 24.7 Å². The molecule has 0 unspecified atom stereocenters. The first-order chi connectivity index (χ1) is 15.4. The number of benzene rings is 1. The predicted molar refractivity (Wildman–Crippen MR) is 121 cm³/mol. The smallest absolute Gasteiger partial charge is 0.230 e. The van der Waals surface area contributed by atoms with Gasteiger partial charge >= 0.3 is 0 Å². The van der Waals surface area contributed by atoms with E-state index in [1.165, 1.54) is 18.3 Å². The summed E-state index contributed by atoms with van der Waals surface area (Å²) in [5.74, 6) is -0.179. The molecule has 0 aliphatic heterocycles. The lowest BCUT2D eigenvalue weighted by molar-refractivity contribution is -0.115. The van der Waals surface area contributed by atoms with E-state index in [4.69, 9.17) is 11.6 Å². The average Bonchev–Trinajstić information content (AvgIpc) is 3.19. The van der Waals surface area contributed by atoms with Crippen LogP contribution in [0.15, 0.2) is 48.9 Å². The van der Waals surface area contributed by atoms with Crippen LogP contribution in [0.1, 0.15) is 31.1 Å². The predicted octanol–water partition coefficient (Wildman–Crippen LogP) is 4.39. The summed E-state index contributed by atoms with van der Waals surface area (Å²) < 4.78 is 16.3. The van der Waals surface area contributed by atoms with Crippen molar-refractivity contribution >= 4 is 40.2 Å². The number of aromatic nitrogens is 5. The van der Waals surface area contributed by atoms with Crippen molar-refractivity contribution in [3.63, 3.8) is 0 Å². The molecule has 1 amide bonds. The number of halogens is 2. The quantitative estimate of drug-likeness (QED) is 0.430. The van der Waals surface area contributed by atoms with Crippen LogP contribution in [0.2, 0.25) is 5.02 Å². The van der Waals surface area contributed by atoms with E-state index in [-0.39, 0.29) is 12.3 Å². The van der Waals surface area contributed by atoms with Crippen molar-refractivity contribution in [2.45, 2.75) is 32.9 Å². The number of carbonyl (C=O) groups is 1. The van der Waals surface area contributed by atoms with Gasteiger partial charge in [-0.15, -0.1) is 0 Å². The van der Waals surface area contributed by atoms with E-state index < -0.39 is 11.9 Å². The topological polar surface area (TPSA) is 97.6 Å². The van der Waals surface area contributed by atoms with Gasteiger partial charge in [-0.2, -0.15) is 5.10 Å². The Morgan fingerprint density at radius 1 is 1.22 bits per heavy atom. The molecule has 0 spiro atoms. The summed E-state index contributed by atoms with van der Waals surface area (Å²) >= 11 is 5.82. The fourth-order valence-corrected chi connectivity index (χ4v) is 3.32. The minimum atomic E-state index is -0.426. The Kier molecular flexibility index (Phi) is 6.27. The lowest BCUT2D eigenvalue weighted by Gasteiger charge is -2.17. The van der Waals surface area contributed by atoms with Gasteiger partial charge in [-0.25, -0.2) is 14.4 Å². The van der Waals surface area contributed by atoms with E-state index in [0.29, 0.717) is 38.9 Å². The second kappa shape index (κ2) is 9.27. The lowest BCUT2D eigenvalue weighted by Crippen LogP contribution is -2.16. The van der Waals surface area contributed by atoms with Crippen molar-refractivity contribution < 1.29 is 9.18 Å². The van der Waals surface area contributed by atoms with Crippen molar-refractivity contribution in [3.05, 3.63) is 71.0 Å². The molecule has 4 rings (SSSR count). The molecule has 1 atom stereocenters. The first kappa shape index (κ1) is 21.6. The van der Waals surface area contributed by atoms with E-state index in [9.17, 15) is 9.18 Å². The molecule has 0 bridgehead atoms. The molecule has 0 saturated carbocycles. The van der Waals surface area contributed by atoms with Crippen LogP contribution in [0.25, 0.3) is 11.2 Å². The number of pyridine rings is 1. The Bertz CT molecular complexity index is 1260. The number of nitrogens with one attached hydrogen (secondary N) is 2. The number of hydrogen-bond acceptors (Lipinski definition) is 6. The monoisotopic (exact) mass is 453 g/mol. The molecule has 0 fully saturated rings. The second-order valence-electron chi connectivity index (χ2n) is 7.24. The first-order valence-electron chi connectivity index (χ1n) is 10.1. The molecule has 0 aliphatic carbocycles. The van der Waals surface area contributed by atoms with Gasteiger partial charge < -0.3 is 10.6 Å². The van der Waals surface area contributed by atoms with Gasteiger partial charge in [-0.05, 0) is 44.2 Å². The summed E-state index contributed by atoms with van der Waals surface area (Å²) in [7, 11) is 0. The lowest BCUT2D eigenvalue weighted by atomic mass is 10.1. The number of nitrogens with zero attached hydrogens (tertiary/aromatic N) is 5. The van der Waals surface area contributed by atoms with Gasteiger partial charge in [0, 0.05) is 29.7 Å². The van der Waals surface area contributed by atoms with Crippen molar-refractivity contribution in [2.75, 3.05) is 10.6 Å². The van der Waals surface area contributed by atoms with Gasteiger partial charge in [-0.1, -0.05) is 11.6 Å². The number of carbonyl (C=O) groups excluding carboxylic acids is 1. The third-order valence-electron chi connectivity index (χ3n) is 4.84. The standard InChI is InChI=1S/C22H21ClFN7O/c1-3-31-12-19-22(30-31)29-20(11-26-19)27-13(2)17-8-16(6-7-18(17)24)28-21(32)9-15-5-4-14(23)10-25-15/h4-8,10-13H,3,9H2,1-2H3,(H,28,32)(H,27,29,30)/t13-/m0/s1. The van der Waals surface area contributed by atoms with Crippen LogP contribution < -0.4 is 10.6 Å². The molecule has 3 aromatic heterocycles. The molecular weight excluding hydrogens is 433 g/mol. The number of rotatable bonds is 7. The summed E-state index contributed by atoms with van der Waals surface area (Å²) in [6.07, 6.45) is 4.97. The molecule has 0 radical (unpaired) electrons. The van der Waals surface area contributed by atoms with Gasteiger partial charge in [0.1, 0.15) is 17.2 Å². The van der Waals surface area contributed by atoms with Gasteiger partial charge in [0.25, 0.3) is 0 Å². The average molecular weight is 454 g/mol. The number of fused-ring (bicyclic) bond motifs is 1. The molecule has 32 heavy (non-hydrogen) atoms. The summed E-state index contributed by atoms with van der Waals surface area (Å²) in [6.45, 7) is 4.50. The maximum absolute atomic E-state index is 14.5. The highest BCUT2D eigenvalue weighted by molar-refractivity contribution is 6.30. The van der Waals surface area contributed by atoms with Crippen LogP contribution in [0.4, 0.5) is 15.9 Å². The van der Waals surface area contributed by atoms with Crippen molar-refractivity contribution in [1.29, 1.82) is 0 Å². The van der Waals surface area contributed by atoms with Crippen molar-refractivity contribution in [3.8, 4) is 0 Å². The molecule has 164 valence electrons. The molecule has 2 N–H and O–H groups in total. The highest BCUT2D eigenvalue weighted by Crippen LogP contribution is 2.24. The first-order valence-corrected chi connectivity index (χ1v) is 10.5. The molecule has 0 aliphatic rings. The van der Waals surface area contributed by atoms with Crippen LogP contribution in [0.5, 0.6) is 0 Å². The van der Waals surface area contributed by atoms with E-state index in [1.54, 1.807) is 36.0 Å². The summed E-state index contributed by atoms with van der Waals surface area (Å²) in [4.78, 5) is 25.3. The van der Waals surface area contributed by atoms with Crippen LogP contribution in [0, 0.1) is 5.82 Å². The maximum Gasteiger partial charge on any atom is 0.230 e. The van der Waals surface area contributed by atoms with E-state index in [0.717, 1.165) is 6.54 Å². The minimum Gasteiger partial charge on any atom is -0.362 e. The third kappa shape index (κ3) is 5.00. The Hall–Kier alpha value is -3.59. The number of amides is 1.